The number of nitro groups is 1. The van der Waals surface area contributed by atoms with Gasteiger partial charge in [0.15, 0.2) is 5.56 Å². The number of anilines is 3. The normalized spacial score (nSPS) is 13.4. The second kappa shape index (κ2) is 31.1. The molecule has 0 bridgehead atoms. The van der Waals surface area contributed by atoms with Gasteiger partial charge in [0.25, 0.3) is 5.69 Å². The predicted molar refractivity (Wildman–Crippen MR) is 272 cm³/mol. The van der Waals surface area contributed by atoms with Gasteiger partial charge in [0.05, 0.1) is 63.4 Å². The van der Waals surface area contributed by atoms with Crippen LogP contribution in [0.3, 0.4) is 0 Å². The Kier molecular flexibility index (Phi) is 29.7. The molecule has 2 aliphatic rings. The van der Waals surface area contributed by atoms with Crippen LogP contribution in [0.25, 0.3) is 0 Å². The molecule has 0 saturated carbocycles. The van der Waals surface area contributed by atoms with E-state index in [0.29, 0.717) is 37.3 Å². The topological polar surface area (TPSA) is 165 Å². The van der Waals surface area contributed by atoms with E-state index in [1.165, 1.54) is 26.2 Å². The lowest BCUT2D eigenvalue weighted by molar-refractivity contribution is -0.384. The van der Waals surface area contributed by atoms with Crippen molar-refractivity contribution in [3.63, 3.8) is 0 Å². The number of nitrogens with one attached hydrogen (secondary N) is 1. The summed E-state index contributed by atoms with van der Waals surface area (Å²) in [5, 5.41) is 24.8. The van der Waals surface area contributed by atoms with Crippen LogP contribution in [0.2, 0.25) is 30.1 Å². The average molecular weight is 1120 g/mol. The Morgan fingerprint density at radius 2 is 1.25 bits per heavy atom. The summed E-state index contributed by atoms with van der Waals surface area (Å²) < 4.78 is 20.4. The van der Waals surface area contributed by atoms with Gasteiger partial charge in [-0.1, -0.05) is 96.1 Å². The van der Waals surface area contributed by atoms with Crippen LogP contribution in [-0.2, 0) is 4.74 Å². The summed E-state index contributed by atoms with van der Waals surface area (Å²) >= 11 is 47.7. The highest BCUT2D eigenvalue weighted by atomic mass is 79.9. The second-order valence-electron chi connectivity index (χ2n) is 12.7. The molecule has 0 amide bonds. The first-order valence-electron chi connectivity index (χ1n) is 18.1. The lowest BCUT2D eigenvalue weighted by Crippen LogP contribution is -2.44. The Morgan fingerprint density at radius 1 is 0.766 bits per heavy atom. The van der Waals surface area contributed by atoms with Crippen molar-refractivity contribution in [2.24, 2.45) is 0 Å². The third-order valence-corrected chi connectivity index (χ3v) is 11.0. The Balaban J connectivity index is 0.000000794. The fraction of sp³-hybridized carbons (Fsp3) is 0.390. The minimum Gasteiger partial charge on any atom is -0.506 e. The Bertz CT molecular complexity index is 2080. The number of carbonyl (C=O) groups excluding carboxylic acids is 1. The molecule has 64 heavy (non-hydrogen) atoms. The second-order valence-corrected chi connectivity index (χ2v) is 17.0. The highest BCUT2D eigenvalue weighted by Crippen LogP contribution is 2.38. The summed E-state index contributed by atoms with van der Waals surface area (Å²) in [7, 11) is 6.79. The number of likely N-dealkylation sites (N-methyl/N-ethyl adjacent to an activating group) is 1. The summed E-state index contributed by atoms with van der Waals surface area (Å²) in [6.45, 7) is 9.58. The monoisotopic (exact) mass is 1120 g/mol. The molecule has 2 saturated heterocycles. The number of nitrogen functional groups attached to an aromatic ring is 1. The third kappa shape index (κ3) is 20.7. The number of ether oxygens (including phenoxy) is 4. The van der Waals surface area contributed by atoms with Crippen LogP contribution >= 0.6 is 109 Å². The van der Waals surface area contributed by atoms with Gasteiger partial charge in [-0.15, -0.1) is 0 Å². The summed E-state index contributed by atoms with van der Waals surface area (Å²) in [5.41, 5.74) is 7.14. The maximum absolute atomic E-state index is 10.4. The summed E-state index contributed by atoms with van der Waals surface area (Å²) in [6, 6.07) is 14.6. The van der Waals surface area contributed by atoms with E-state index in [1.807, 2.05) is 18.2 Å². The number of nitrogens with zero attached hydrogens (tertiary/aromatic N) is 4. The van der Waals surface area contributed by atoms with Crippen LogP contribution in [0, 0.1) is 10.1 Å². The minimum atomic E-state index is -0.873. The van der Waals surface area contributed by atoms with Gasteiger partial charge in [0.1, 0.15) is 28.0 Å². The van der Waals surface area contributed by atoms with Crippen LogP contribution in [-0.4, -0.2) is 107 Å². The molecule has 0 spiro atoms. The Morgan fingerprint density at radius 3 is 1.70 bits per heavy atom. The van der Waals surface area contributed by atoms with Gasteiger partial charge in [-0.25, -0.2) is 4.79 Å². The number of nitrogens with two attached hydrogens (primary N) is 1. The molecule has 4 aromatic rings. The average Bonchev–Trinajstić information content (AvgIpc) is 3.21. The maximum Gasteiger partial charge on any atom is 0.405 e. The highest BCUT2D eigenvalue weighted by Gasteiger charge is 2.19. The van der Waals surface area contributed by atoms with E-state index in [2.05, 4.69) is 47.7 Å². The highest BCUT2D eigenvalue weighted by molar-refractivity contribution is 9.10. The van der Waals surface area contributed by atoms with E-state index in [9.17, 15) is 14.9 Å². The van der Waals surface area contributed by atoms with Gasteiger partial charge >= 0.3 is 5.43 Å². The van der Waals surface area contributed by atoms with E-state index in [0.717, 1.165) is 80.0 Å². The van der Waals surface area contributed by atoms with E-state index >= 15 is 0 Å². The van der Waals surface area contributed by atoms with Crippen LogP contribution in [0.15, 0.2) is 59.1 Å². The zero-order valence-corrected chi connectivity index (χ0v) is 41.6. The molecule has 358 valence electrons. The summed E-state index contributed by atoms with van der Waals surface area (Å²) in [6.07, 6.45) is 0. The van der Waals surface area contributed by atoms with Crippen LogP contribution in [0.1, 0.15) is 21.8 Å². The number of nitro benzene ring substituents is 1. The molecule has 23 heteroatoms. The van der Waals surface area contributed by atoms with Crippen molar-refractivity contribution in [3.8, 4) is 23.0 Å². The molecular formula is C41H53BrCl8N6O8. The number of carbonyl (C=O) groups is 1. The van der Waals surface area contributed by atoms with Crippen molar-refractivity contribution in [3.05, 3.63) is 99.3 Å². The third-order valence-electron chi connectivity index (χ3n) is 8.41. The van der Waals surface area contributed by atoms with Crippen molar-refractivity contribution in [2.45, 2.75) is 27.3 Å². The first kappa shape index (κ1) is 61.1. The van der Waals surface area contributed by atoms with Crippen molar-refractivity contribution in [2.75, 3.05) is 96.3 Å². The maximum atomic E-state index is 10.4. The molecule has 6 rings (SSSR count). The first-order chi connectivity index (χ1) is 29.2. The molecule has 2 aliphatic heterocycles. The molecule has 0 aliphatic carbocycles. The van der Waals surface area contributed by atoms with E-state index in [4.69, 9.17) is 118 Å². The van der Waals surface area contributed by atoms with Crippen molar-refractivity contribution in [1.29, 1.82) is 0 Å². The zero-order chi connectivity index (χ0) is 46.7. The smallest absolute Gasteiger partial charge is 0.405 e. The fourth-order valence-electron chi connectivity index (χ4n) is 5.29. The number of rotatable bonds is 7. The molecule has 2 heterocycles. The van der Waals surface area contributed by atoms with E-state index in [-0.39, 0.29) is 36.3 Å². The number of phenolic OH excluding ortho intramolecular Hbond substituents is 1. The quantitative estimate of drug-likeness (QED) is 0.0527. The number of piperazine rings is 2. The molecular weight excluding hydrogens is 1070 g/mol. The van der Waals surface area contributed by atoms with Crippen molar-refractivity contribution >= 4 is 137 Å². The van der Waals surface area contributed by atoms with Crippen LogP contribution in [0.4, 0.5) is 27.5 Å². The standard InChI is InChI=1S/C12H18ClN3O.C11H14BrClN2O.C7H5Cl2NO3.C6H4Cl2O.C3H4Cl2O2.2CH4/c1-15-3-5-16(6-4-15)11-8-12(17-2)9(13)7-10(11)14;1-16-11-7-10(8(12)6-9(11)13)15-4-2-14-3-5-15;1-13-7-3-4(8)6(10(11)12)2-5(7)9;7-4-1-2-5(8)6(9)3-4;1-2(4)7-3(5)6;;/h7-8H,3-6,14H2,1-2H3;6-7,14H,2-5H2,1H3;2-3H,1H3;1-3,9H;2H,1H3;2*1H4. The van der Waals surface area contributed by atoms with Gasteiger partial charge < -0.3 is 49.8 Å². The number of halogens is 9. The number of alkyl halides is 1. The SMILES string of the molecule is C.C.CC(Cl)OC(=O)Cl.COc1cc(Cl)c([N+](=O)[O-])cc1Cl.COc1cc(N2CCN(C)CC2)c(N)cc1Cl.COc1cc(N2CCNCC2)c(Br)cc1Cl.Oc1cc(Cl)ccc1Cl. The molecule has 1 unspecified atom stereocenters. The molecule has 1 atom stereocenters. The van der Waals surface area contributed by atoms with E-state index in [1.54, 1.807) is 32.4 Å². The first-order valence-corrected chi connectivity index (χ1v) is 22.0. The molecule has 14 nitrogen and oxygen atoms in total. The Labute approximate surface area is 423 Å². The number of hydrogen-bond donors (Lipinski definition) is 3. The number of methoxy groups -OCH3 is 3. The fourth-order valence-corrected chi connectivity index (χ4v) is 7.50. The van der Waals surface area contributed by atoms with Gasteiger partial charge in [0.2, 0.25) is 0 Å². The predicted octanol–water partition coefficient (Wildman–Crippen LogP) is 13.0. The summed E-state index contributed by atoms with van der Waals surface area (Å²) in [5.74, 6) is 1.73. The lowest BCUT2D eigenvalue weighted by Gasteiger charge is -2.34. The number of phenols is 1. The van der Waals surface area contributed by atoms with Gasteiger partial charge in [0, 0.05) is 104 Å². The van der Waals surface area contributed by atoms with Crippen LogP contribution in [0.5, 0.6) is 23.0 Å². The Hall–Kier alpha value is -2.93. The molecule has 4 N–H and O–H groups in total. The molecule has 4 aromatic carbocycles. The number of aromatic hydroxyl groups is 1. The van der Waals surface area contributed by atoms with Gasteiger partial charge in [-0.2, -0.15) is 0 Å². The molecule has 0 radical (unpaired) electrons. The molecule has 2 fully saturated rings. The lowest BCUT2D eigenvalue weighted by atomic mass is 10.2. The number of benzene rings is 4. The molecule has 0 aromatic heterocycles. The van der Waals surface area contributed by atoms with E-state index < -0.39 is 15.9 Å². The van der Waals surface area contributed by atoms with Crippen LogP contribution < -0.4 is 35.1 Å². The zero-order valence-electron chi connectivity index (χ0n) is 34.0. The number of hydrogen-bond acceptors (Lipinski definition) is 13. The van der Waals surface area contributed by atoms with Crippen molar-refractivity contribution in [1.82, 2.24) is 10.2 Å². The van der Waals surface area contributed by atoms with Crippen molar-refractivity contribution < 1.29 is 33.8 Å². The largest absolute Gasteiger partial charge is 0.506 e. The van der Waals surface area contributed by atoms with Gasteiger partial charge in [-0.05, 0) is 54.2 Å². The van der Waals surface area contributed by atoms with Gasteiger partial charge in [-0.3, -0.25) is 10.1 Å². The minimum absolute atomic E-state index is 0. The summed E-state index contributed by atoms with van der Waals surface area (Å²) in [4.78, 5) is 26.4.